The molecular weight excluding hydrogens is 479 g/mol. The van der Waals surface area contributed by atoms with Crippen molar-refractivity contribution in [2.24, 2.45) is 0 Å². The van der Waals surface area contributed by atoms with E-state index in [0.29, 0.717) is 33.3 Å². The van der Waals surface area contributed by atoms with E-state index < -0.39 is 0 Å². The fourth-order valence-corrected chi connectivity index (χ4v) is 4.29. The molecule has 168 valence electrons. The van der Waals surface area contributed by atoms with Crippen LogP contribution in [-0.2, 0) is 17.9 Å². The highest BCUT2D eigenvalue weighted by atomic mass is 35.5. The van der Waals surface area contributed by atoms with Crippen LogP contribution in [0.15, 0.2) is 84.0 Å². The van der Waals surface area contributed by atoms with Crippen molar-refractivity contribution in [1.82, 2.24) is 14.8 Å². The number of hydrogen-bond acceptors (Lipinski definition) is 5. The number of rotatable bonds is 9. The number of carbonyl (C=O) groups is 1. The minimum atomic E-state index is -0.244. The van der Waals surface area contributed by atoms with Gasteiger partial charge in [0.2, 0.25) is 5.91 Å². The molecule has 0 fully saturated rings. The number of amides is 1. The zero-order chi connectivity index (χ0) is 23.0. The van der Waals surface area contributed by atoms with Crippen LogP contribution >= 0.6 is 35.0 Å². The van der Waals surface area contributed by atoms with Crippen LogP contribution in [0.3, 0.4) is 0 Å². The number of carbonyl (C=O) groups excluding carboxylic acids is 1. The van der Waals surface area contributed by atoms with Gasteiger partial charge in [-0.25, -0.2) is 0 Å². The maximum atomic E-state index is 12.5. The third kappa shape index (κ3) is 6.28. The van der Waals surface area contributed by atoms with Gasteiger partial charge in [0.25, 0.3) is 0 Å². The van der Waals surface area contributed by atoms with Crippen molar-refractivity contribution >= 4 is 46.6 Å². The molecule has 9 heteroatoms. The average molecular weight is 499 g/mol. The standard InChI is InChI=1S/C24H20Cl2N4O2S/c25-19-12-7-13-20(26)23(19)27-22(31)16-33-24-29-28-21(15-32-18-10-5-2-6-11-18)30(24)14-17-8-3-1-4-9-17/h1-13H,14-16H2,(H,27,31). The predicted molar refractivity (Wildman–Crippen MR) is 132 cm³/mol. The zero-order valence-electron chi connectivity index (χ0n) is 17.4. The Bertz CT molecular complexity index is 1200. The molecule has 0 aliphatic heterocycles. The molecule has 0 bridgehead atoms. The zero-order valence-corrected chi connectivity index (χ0v) is 19.8. The minimum absolute atomic E-state index is 0.119. The van der Waals surface area contributed by atoms with Gasteiger partial charge in [-0.3, -0.25) is 9.36 Å². The summed E-state index contributed by atoms with van der Waals surface area (Å²) in [7, 11) is 0. The van der Waals surface area contributed by atoms with Crippen molar-refractivity contribution < 1.29 is 9.53 Å². The van der Waals surface area contributed by atoms with Crippen LogP contribution in [0.1, 0.15) is 11.4 Å². The Balaban J connectivity index is 1.48. The lowest BCUT2D eigenvalue weighted by atomic mass is 10.2. The fourth-order valence-electron chi connectivity index (χ4n) is 3.04. The number of nitrogens with zero attached hydrogens (tertiary/aromatic N) is 3. The number of ether oxygens (including phenoxy) is 1. The summed E-state index contributed by atoms with van der Waals surface area (Å²) < 4.78 is 7.83. The highest BCUT2D eigenvalue weighted by Crippen LogP contribution is 2.30. The Morgan fingerprint density at radius 3 is 2.27 bits per heavy atom. The van der Waals surface area contributed by atoms with Crippen LogP contribution < -0.4 is 10.1 Å². The smallest absolute Gasteiger partial charge is 0.234 e. The van der Waals surface area contributed by atoms with Gasteiger partial charge >= 0.3 is 0 Å². The van der Waals surface area contributed by atoms with E-state index >= 15 is 0 Å². The highest BCUT2D eigenvalue weighted by Gasteiger charge is 2.16. The van der Waals surface area contributed by atoms with Crippen LogP contribution in [0.2, 0.25) is 10.0 Å². The van der Waals surface area contributed by atoms with E-state index in [1.807, 2.05) is 65.2 Å². The Morgan fingerprint density at radius 1 is 0.909 bits per heavy atom. The van der Waals surface area contributed by atoms with Crippen LogP contribution in [0.25, 0.3) is 0 Å². The van der Waals surface area contributed by atoms with Gasteiger partial charge in [0.1, 0.15) is 12.4 Å². The third-order valence-corrected chi connectivity index (χ3v) is 6.24. The van der Waals surface area contributed by atoms with E-state index in [-0.39, 0.29) is 18.3 Å². The number of aromatic nitrogens is 3. The first-order valence-electron chi connectivity index (χ1n) is 10.1. The Labute approximate surface area is 205 Å². The lowest BCUT2D eigenvalue weighted by Crippen LogP contribution is -2.16. The summed E-state index contributed by atoms with van der Waals surface area (Å²) >= 11 is 13.6. The van der Waals surface area contributed by atoms with E-state index in [9.17, 15) is 4.79 Å². The van der Waals surface area contributed by atoms with E-state index in [1.54, 1.807) is 18.2 Å². The number of nitrogens with one attached hydrogen (secondary N) is 1. The molecule has 0 aliphatic rings. The van der Waals surface area contributed by atoms with Gasteiger partial charge in [0, 0.05) is 0 Å². The second kappa shape index (κ2) is 11.2. The molecule has 1 N–H and O–H groups in total. The van der Waals surface area contributed by atoms with Crippen molar-refractivity contribution in [3.8, 4) is 5.75 Å². The van der Waals surface area contributed by atoms with Crippen LogP contribution in [-0.4, -0.2) is 26.4 Å². The molecule has 4 rings (SSSR count). The summed E-state index contributed by atoms with van der Waals surface area (Å²) in [4.78, 5) is 12.5. The first-order valence-corrected chi connectivity index (χ1v) is 11.8. The summed E-state index contributed by atoms with van der Waals surface area (Å²) in [5, 5.41) is 12.8. The molecule has 3 aromatic carbocycles. The molecule has 0 aliphatic carbocycles. The average Bonchev–Trinajstić information content (AvgIpc) is 3.21. The molecule has 0 spiro atoms. The van der Waals surface area contributed by atoms with Crippen molar-refractivity contribution in [3.63, 3.8) is 0 Å². The first-order chi connectivity index (χ1) is 16.1. The SMILES string of the molecule is O=C(CSc1nnc(COc2ccccc2)n1Cc1ccccc1)Nc1c(Cl)cccc1Cl. The lowest BCUT2D eigenvalue weighted by molar-refractivity contribution is -0.113. The quantitative estimate of drug-likeness (QED) is 0.289. The highest BCUT2D eigenvalue weighted by molar-refractivity contribution is 7.99. The van der Waals surface area contributed by atoms with Gasteiger partial charge in [-0.05, 0) is 29.8 Å². The second-order valence-corrected chi connectivity index (χ2v) is 8.76. The van der Waals surface area contributed by atoms with E-state index in [0.717, 1.165) is 11.3 Å². The topological polar surface area (TPSA) is 69.0 Å². The van der Waals surface area contributed by atoms with E-state index in [1.165, 1.54) is 11.8 Å². The first kappa shape index (κ1) is 23.2. The van der Waals surface area contributed by atoms with Crippen molar-refractivity contribution in [2.75, 3.05) is 11.1 Å². The lowest BCUT2D eigenvalue weighted by Gasteiger charge is -2.12. The van der Waals surface area contributed by atoms with E-state index in [2.05, 4.69) is 15.5 Å². The van der Waals surface area contributed by atoms with Crippen molar-refractivity contribution in [1.29, 1.82) is 0 Å². The Hall–Kier alpha value is -3.00. The number of benzene rings is 3. The fraction of sp³-hybridized carbons (Fsp3) is 0.125. The molecule has 33 heavy (non-hydrogen) atoms. The third-order valence-electron chi connectivity index (χ3n) is 4.65. The molecule has 0 radical (unpaired) electrons. The van der Waals surface area contributed by atoms with Crippen molar-refractivity contribution in [2.45, 2.75) is 18.3 Å². The molecule has 0 saturated heterocycles. The molecule has 6 nitrogen and oxygen atoms in total. The van der Waals surface area contributed by atoms with Gasteiger partial charge in [-0.15, -0.1) is 10.2 Å². The van der Waals surface area contributed by atoms with Gasteiger partial charge in [0.15, 0.2) is 11.0 Å². The Kier molecular flexibility index (Phi) is 7.88. The Morgan fingerprint density at radius 2 is 1.58 bits per heavy atom. The number of halogens is 2. The van der Waals surface area contributed by atoms with Crippen molar-refractivity contribution in [3.05, 3.63) is 100 Å². The molecule has 0 atom stereocenters. The molecular formula is C24H20Cl2N4O2S. The summed E-state index contributed by atoms with van der Waals surface area (Å²) in [5.41, 5.74) is 1.49. The number of anilines is 1. The van der Waals surface area contributed by atoms with E-state index in [4.69, 9.17) is 27.9 Å². The van der Waals surface area contributed by atoms with Crippen LogP contribution in [0.4, 0.5) is 5.69 Å². The normalized spacial score (nSPS) is 10.7. The molecule has 0 unspecified atom stereocenters. The minimum Gasteiger partial charge on any atom is -0.486 e. The second-order valence-electron chi connectivity index (χ2n) is 7.01. The monoisotopic (exact) mass is 498 g/mol. The molecule has 1 heterocycles. The van der Waals surface area contributed by atoms with Gasteiger partial charge in [-0.1, -0.05) is 89.6 Å². The molecule has 0 saturated carbocycles. The number of para-hydroxylation sites is 2. The predicted octanol–water partition coefficient (Wildman–Crippen LogP) is 5.94. The van der Waals surface area contributed by atoms with Gasteiger partial charge < -0.3 is 10.1 Å². The summed E-state index contributed by atoms with van der Waals surface area (Å²) in [6, 6.07) is 24.6. The van der Waals surface area contributed by atoms with Gasteiger partial charge in [0.05, 0.1) is 28.0 Å². The number of hydrogen-bond donors (Lipinski definition) is 1. The largest absolute Gasteiger partial charge is 0.486 e. The summed E-state index contributed by atoms with van der Waals surface area (Å²) in [5.74, 6) is 1.29. The van der Waals surface area contributed by atoms with Gasteiger partial charge in [-0.2, -0.15) is 0 Å². The summed E-state index contributed by atoms with van der Waals surface area (Å²) in [6.07, 6.45) is 0. The summed E-state index contributed by atoms with van der Waals surface area (Å²) in [6.45, 7) is 0.813. The number of thioether (sulfide) groups is 1. The molecule has 1 aromatic heterocycles. The molecule has 4 aromatic rings. The maximum absolute atomic E-state index is 12.5. The van der Waals surface area contributed by atoms with Crippen LogP contribution in [0.5, 0.6) is 5.75 Å². The molecule has 1 amide bonds. The maximum Gasteiger partial charge on any atom is 0.234 e. The van der Waals surface area contributed by atoms with Crippen LogP contribution in [0, 0.1) is 0 Å².